The lowest BCUT2D eigenvalue weighted by atomic mass is 10.1. The Morgan fingerprint density at radius 3 is 2.00 bits per heavy atom. The lowest BCUT2D eigenvalue weighted by Crippen LogP contribution is -2.39. The maximum Gasteiger partial charge on any atom is 0.410 e. The van der Waals surface area contributed by atoms with E-state index in [1.165, 1.54) is 6.42 Å². The highest BCUT2D eigenvalue weighted by molar-refractivity contribution is 5.87. The van der Waals surface area contributed by atoms with Crippen LogP contribution < -0.4 is 0 Å². The first-order valence-electron chi connectivity index (χ1n) is 7.56. The minimum Gasteiger partial charge on any atom is -0.478 e. The second-order valence-electron chi connectivity index (χ2n) is 6.20. The lowest BCUT2D eigenvalue weighted by Gasteiger charge is -2.29. The summed E-state index contributed by atoms with van der Waals surface area (Å²) in [6, 6.07) is 8.30. The van der Waals surface area contributed by atoms with Gasteiger partial charge in [-0.15, -0.1) is 0 Å². The molecule has 2 rings (SSSR count). The molecule has 122 valence electrons. The Kier molecular flexibility index (Phi) is 6.89. The van der Waals surface area contributed by atoms with Crippen LogP contribution in [0.1, 0.15) is 50.4 Å². The zero-order chi connectivity index (χ0) is 16.6. The third-order valence-electron chi connectivity index (χ3n) is 3.03. The van der Waals surface area contributed by atoms with Gasteiger partial charge in [0.05, 0.1) is 5.56 Å². The maximum absolute atomic E-state index is 11.5. The minimum absolute atomic E-state index is 0.160. The Bertz CT molecular complexity index is 473. The van der Waals surface area contributed by atoms with Crippen LogP contribution in [0, 0.1) is 0 Å². The molecule has 1 saturated heterocycles. The number of hydrogen-bond acceptors (Lipinski definition) is 3. The Balaban J connectivity index is 0.000000235. The number of ether oxygens (including phenoxy) is 1. The molecule has 0 aliphatic carbocycles. The van der Waals surface area contributed by atoms with Crippen molar-refractivity contribution in [2.45, 2.75) is 45.6 Å². The predicted molar refractivity (Wildman–Crippen MR) is 85.1 cm³/mol. The number of piperidine rings is 1. The van der Waals surface area contributed by atoms with Gasteiger partial charge in [0.15, 0.2) is 0 Å². The number of rotatable bonds is 1. The van der Waals surface area contributed by atoms with E-state index < -0.39 is 5.97 Å². The quantitative estimate of drug-likeness (QED) is 0.857. The van der Waals surface area contributed by atoms with E-state index in [1.807, 2.05) is 20.8 Å². The summed E-state index contributed by atoms with van der Waals surface area (Å²) >= 11 is 0. The fraction of sp³-hybridized carbons (Fsp3) is 0.529. The molecule has 0 bridgehead atoms. The van der Waals surface area contributed by atoms with Crippen LogP contribution in [0.4, 0.5) is 4.79 Å². The number of amides is 1. The van der Waals surface area contributed by atoms with E-state index in [0.29, 0.717) is 5.56 Å². The zero-order valence-electron chi connectivity index (χ0n) is 13.5. The van der Waals surface area contributed by atoms with Gasteiger partial charge >= 0.3 is 12.1 Å². The number of carboxylic acids is 1. The van der Waals surface area contributed by atoms with Crippen LogP contribution in [0.25, 0.3) is 0 Å². The minimum atomic E-state index is -0.879. The maximum atomic E-state index is 11.5. The highest BCUT2D eigenvalue weighted by Crippen LogP contribution is 2.14. The molecule has 1 aliphatic heterocycles. The second kappa shape index (κ2) is 8.41. The fourth-order valence-corrected chi connectivity index (χ4v) is 1.98. The fourth-order valence-electron chi connectivity index (χ4n) is 1.98. The van der Waals surface area contributed by atoms with Gasteiger partial charge in [-0.2, -0.15) is 0 Å². The normalized spacial score (nSPS) is 14.6. The molecule has 1 N–H and O–H groups in total. The van der Waals surface area contributed by atoms with Crippen molar-refractivity contribution in [2.24, 2.45) is 0 Å². The van der Waals surface area contributed by atoms with Crippen molar-refractivity contribution in [3.8, 4) is 0 Å². The van der Waals surface area contributed by atoms with E-state index in [2.05, 4.69) is 0 Å². The van der Waals surface area contributed by atoms with E-state index in [1.54, 1.807) is 35.2 Å². The first-order valence-corrected chi connectivity index (χ1v) is 7.56. The number of hydrogen-bond donors (Lipinski definition) is 1. The topological polar surface area (TPSA) is 66.8 Å². The summed E-state index contributed by atoms with van der Waals surface area (Å²) in [5.74, 6) is -0.879. The third kappa shape index (κ3) is 7.11. The summed E-state index contributed by atoms with van der Waals surface area (Å²) in [7, 11) is 0. The number of carbonyl (C=O) groups excluding carboxylic acids is 1. The molecule has 5 heteroatoms. The Morgan fingerprint density at radius 2 is 1.59 bits per heavy atom. The Labute approximate surface area is 131 Å². The van der Waals surface area contributed by atoms with Gasteiger partial charge in [-0.05, 0) is 52.2 Å². The van der Waals surface area contributed by atoms with E-state index in [9.17, 15) is 9.59 Å². The Hall–Kier alpha value is -2.04. The van der Waals surface area contributed by atoms with Gasteiger partial charge in [-0.1, -0.05) is 18.2 Å². The molecule has 1 aromatic rings. The van der Waals surface area contributed by atoms with Gasteiger partial charge in [0, 0.05) is 13.1 Å². The lowest BCUT2D eigenvalue weighted by molar-refractivity contribution is 0.0215. The van der Waals surface area contributed by atoms with Crippen LogP contribution in [-0.2, 0) is 4.74 Å². The molecule has 1 fully saturated rings. The Morgan fingerprint density at radius 1 is 1.05 bits per heavy atom. The second-order valence-corrected chi connectivity index (χ2v) is 6.20. The smallest absolute Gasteiger partial charge is 0.410 e. The first kappa shape index (κ1) is 18.0. The number of carboxylic acid groups (broad SMARTS) is 1. The van der Waals surface area contributed by atoms with Gasteiger partial charge in [-0.3, -0.25) is 0 Å². The summed E-state index contributed by atoms with van der Waals surface area (Å²) in [5.41, 5.74) is -0.0355. The van der Waals surface area contributed by atoms with E-state index >= 15 is 0 Å². The molecule has 5 nitrogen and oxygen atoms in total. The van der Waals surface area contributed by atoms with Crippen LogP contribution in [0.2, 0.25) is 0 Å². The highest BCUT2D eigenvalue weighted by atomic mass is 16.6. The van der Waals surface area contributed by atoms with Gasteiger partial charge in [-0.25, -0.2) is 9.59 Å². The molecule has 0 aromatic heterocycles. The number of likely N-dealkylation sites (tertiary alicyclic amines) is 1. The van der Waals surface area contributed by atoms with Crippen molar-refractivity contribution in [1.29, 1.82) is 0 Å². The van der Waals surface area contributed by atoms with Crippen LogP contribution in [0.5, 0.6) is 0 Å². The van der Waals surface area contributed by atoms with E-state index in [4.69, 9.17) is 9.84 Å². The number of carbonyl (C=O) groups is 2. The van der Waals surface area contributed by atoms with Crippen molar-refractivity contribution < 1.29 is 19.4 Å². The highest BCUT2D eigenvalue weighted by Gasteiger charge is 2.22. The third-order valence-corrected chi connectivity index (χ3v) is 3.03. The van der Waals surface area contributed by atoms with Crippen LogP contribution in [0.15, 0.2) is 30.3 Å². The summed E-state index contributed by atoms with van der Waals surface area (Å²) in [6.07, 6.45) is 3.30. The van der Waals surface area contributed by atoms with Crippen LogP contribution in [-0.4, -0.2) is 40.8 Å². The van der Waals surface area contributed by atoms with Gasteiger partial charge in [0.1, 0.15) is 5.60 Å². The van der Waals surface area contributed by atoms with Crippen molar-refractivity contribution in [2.75, 3.05) is 13.1 Å². The van der Waals surface area contributed by atoms with Gasteiger partial charge in [0.25, 0.3) is 0 Å². The van der Waals surface area contributed by atoms with Gasteiger partial charge < -0.3 is 14.7 Å². The van der Waals surface area contributed by atoms with Crippen molar-refractivity contribution in [3.05, 3.63) is 35.9 Å². The average Bonchev–Trinajstić information content (AvgIpc) is 2.48. The molecule has 0 atom stereocenters. The molecular formula is C17H25NO4. The monoisotopic (exact) mass is 307 g/mol. The van der Waals surface area contributed by atoms with Crippen LogP contribution >= 0.6 is 0 Å². The van der Waals surface area contributed by atoms with Gasteiger partial charge in [0.2, 0.25) is 0 Å². The molecule has 0 spiro atoms. The largest absolute Gasteiger partial charge is 0.478 e. The molecule has 1 amide bonds. The molecular weight excluding hydrogens is 282 g/mol. The molecule has 0 unspecified atom stereocenters. The number of aromatic carboxylic acids is 1. The summed E-state index contributed by atoms with van der Waals surface area (Å²) in [5, 5.41) is 8.38. The van der Waals surface area contributed by atoms with Crippen molar-refractivity contribution >= 4 is 12.1 Å². The molecule has 0 saturated carbocycles. The molecule has 1 heterocycles. The number of benzene rings is 1. The standard InChI is InChI=1S/C10H19NO2.C7H6O2/c1-10(2,3)13-9(12)11-7-5-4-6-8-11;8-7(9)6-4-2-1-3-5-6/h4-8H2,1-3H3;1-5H,(H,8,9). The molecule has 22 heavy (non-hydrogen) atoms. The summed E-state index contributed by atoms with van der Waals surface area (Å²) < 4.78 is 5.26. The van der Waals surface area contributed by atoms with E-state index in [0.717, 1.165) is 25.9 Å². The average molecular weight is 307 g/mol. The summed E-state index contributed by atoms with van der Waals surface area (Å²) in [4.78, 5) is 23.5. The predicted octanol–water partition coefficient (Wildman–Crippen LogP) is 3.79. The van der Waals surface area contributed by atoms with Crippen molar-refractivity contribution in [3.63, 3.8) is 0 Å². The number of nitrogens with zero attached hydrogens (tertiary/aromatic N) is 1. The van der Waals surface area contributed by atoms with Crippen molar-refractivity contribution in [1.82, 2.24) is 4.90 Å². The molecule has 1 aliphatic rings. The SMILES string of the molecule is CC(C)(C)OC(=O)N1CCCCC1.O=C(O)c1ccccc1. The van der Waals surface area contributed by atoms with Crippen LogP contribution in [0.3, 0.4) is 0 Å². The molecule has 1 aromatic carbocycles. The first-order chi connectivity index (χ1) is 10.3. The molecule has 0 radical (unpaired) electrons. The zero-order valence-corrected chi connectivity index (χ0v) is 13.5. The summed E-state index contributed by atoms with van der Waals surface area (Å²) in [6.45, 7) is 7.41. The van der Waals surface area contributed by atoms with E-state index in [-0.39, 0.29) is 11.7 Å².